The molecule has 184 valence electrons. The Labute approximate surface area is 211 Å². The van der Waals surface area contributed by atoms with Crippen molar-refractivity contribution in [3.05, 3.63) is 54.1 Å². The standard InChI is InChI=1S/C27H32N4O3S/c1-4-7-17-33-20-15-13-19(14-16-20)26-31(23(32)6-3)22-12-10-9-11-21(22)24-25(34-26)28-27(30-29-24)35-18-8-5-2/h9-16,26H,4-8,17-18H2,1-3H3. The molecule has 1 unspecified atom stereocenters. The van der Waals surface area contributed by atoms with Gasteiger partial charge < -0.3 is 9.47 Å². The van der Waals surface area contributed by atoms with E-state index in [-0.39, 0.29) is 5.91 Å². The summed E-state index contributed by atoms with van der Waals surface area (Å²) in [5.41, 5.74) is 2.87. The molecule has 1 aliphatic heterocycles. The smallest absolute Gasteiger partial charge is 0.247 e. The Hall–Kier alpha value is -3.13. The zero-order valence-electron chi connectivity index (χ0n) is 20.6. The minimum absolute atomic E-state index is 0.0518. The molecule has 0 saturated carbocycles. The number of carbonyl (C=O) groups excluding carboxylic acids is 1. The average molecular weight is 493 g/mol. The van der Waals surface area contributed by atoms with E-state index in [2.05, 4.69) is 24.0 Å². The lowest BCUT2D eigenvalue weighted by atomic mass is 10.1. The number of ether oxygens (including phenoxy) is 2. The molecular formula is C27H32N4O3S. The van der Waals surface area contributed by atoms with Gasteiger partial charge in [-0.25, -0.2) is 0 Å². The Bertz CT molecular complexity index is 1140. The van der Waals surface area contributed by atoms with Gasteiger partial charge in [-0.15, -0.1) is 10.2 Å². The number of benzene rings is 2. The molecule has 7 nitrogen and oxygen atoms in total. The number of aromatic nitrogens is 3. The van der Waals surface area contributed by atoms with Crippen LogP contribution in [-0.4, -0.2) is 33.4 Å². The molecule has 1 aliphatic rings. The second-order valence-electron chi connectivity index (χ2n) is 8.33. The number of carbonyl (C=O) groups is 1. The van der Waals surface area contributed by atoms with Crippen molar-refractivity contribution in [3.8, 4) is 22.9 Å². The van der Waals surface area contributed by atoms with Gasteiger partial charge in [0.1, 0.15) is 5.75 Å². The highest BCUT2D eigenvalue weighted by molar-refractivity contribution is 7.99. The van der Waals surface area contributed by atoms with Crippen molar-refractivity contribution in [1.82, 2.24) is 15.2 Å². The van der Waals surface area contributed by atoms with E-state index in [1.54, 1.807) is 16.7 Å². The third-order valence-electron chi connectivity index (χ3n) is 5.74. The first-order chi connectivity index (χ1) is 17.2. The van der Waals surface area contributed by atoms with Crippen LogP contribution in [0.2, 0.25) is 0 Å². The lowest BCUT2D eigenvalue weighted by Gasteiger charge is -2.30. The fourth-order valence-electron chi connectivity index (χ4n) is 3.80. The van der Waals surface area contributed by atoms with E-state index in [0.29, 0.717) is 29.8 Å². The molecule has 35 heavy (non-hydrogen) atoms. The van der Waals surface area contributed by atoms with Gasteiger partial charge in [-0.1, -0.05) is 63.6 Å². The van der Waals surface area contributed by atoms with Crippen LogP contribution in [0.5, 0.6) is 11.6 Å². The predicted molar refractivity (Wildman–Crippen MR) is 139 cm³/mol. The summed E-state index contributed by atoms with van der Waals surface area (Å²) < 4.78 is 12.3. The molecule has 1 aromatic heterocycles. The zero-order chi connectivity index (χ0) is 24.6. The predicted octanol–water partition coefficient (Wildman–Crippen LogP) is 6.44. The van der Waals surface area contributed by atoms with Gasteiger partial charge in [-0.05, 0) is 43.2 Å². The zero-order valence-corrected chi connectivity index (χ0v) is 21.4. The summed E-state index contributed by atoms with van der Waals surface area (Å²) in [5.74, 6) is 2.04. The van der Waals surface area contributed by atoms with Gasteiger partial charge in [0.25, 0.3) is 0 Å². The number of hydrogen-bond acceptors (Lipinski definition) is 7. The molecule has 0 radical (unpaired) electrons. The van der Waals surface area contributed by atoms with Crippen LogP contribution in [0, 0.1) is 0 Å². The summed E-state index contributed by atoms with van der Waals surface area (Å²) in [4.78, 5) is 19.7. The van der Waals surface area contributed by atoms with E-state index in [4.69, 9.17) is 14.5 Å². The number of amides is 1. The van der Waals surface area contributed by atoms with Crippen LogP contribution in [-0.2, 0) is 4.79 Å². The number of thioether (sulfide) groups is 1. The molecule has 8 heteroatoms. The highest BCUT2D eigenvalue weighted by atomic mass is 32.2. The van der Waals surface area contributed by atoms with E-state index in [0.717, 1.165) is 54.0 Å². The monoisotopic (exact) mass is 492 g/mol. The molecule has 1 amide bonds. The molecule has 4 rings (SSSR count). The fraction of sp³-hybridized carbons (Fsp3) is 0.407. The number of para-hydroxylation sites is 1. The number of fused-ring (bicyclic) bond motifs is 3. The topological polar surface area (TPSA) is 77.4 Å². The van der Waals surface area contributed by atoms with Gasteiger partial charge in [0.05, 0.1) is 12.3 Å². The molecule has 0 fully saturated rings. The molecule has 2 heterocycles. The molecule has 0 saturated heterocycles. The lowest BCUT2D eigenvalue weighted by Crippen LogP contribution is -2.37. The quantitative estimate of drug-likeness (QED) is 0.238. The van der Waals surface area contributed by atoms with Crippen molar-refractivity contribution in [2.75, 3.05) is 17.3 Å². The van der Waals surface area contributed by atoms with Crippen LogP contribution in [0.1, 0.15) is 64.7 Å². The first-order valence-electron chi connectivity index (χ1n) is 12.3. The summed E-state index contributed by atoms with van der Waals surface area (Å²) in [5, 5.41) is 9.40. The van der Waals surface area contributed by atoms with Gasteiger partial charge in [-0.3, -0.25) is 9.69 Å². The Morgan fingerprint density at radius 1 is 1.03 bits per heavy atom. The first-order valence-corrected chi connectivity index (χ1v) is 13.3. The fourth-order valence-corrected chi connectivity index (χ4v) is 4.66. The van der Waals surface area contributed by atoms with Gasteiger partial charge in [0.2, 0.25) is 23.2 Å². The normalized spacial score (nSPS) is 14.5. The number of anilines is 1. The maximum atomic E-state index is 13.3. The van der Waals surface area contributed by atoms with E-state index < -0.39 is 6.23 Å². The van der Waals surface area contributed by atoms with Crippen molar-refractivity contribution in [3.63, 3.8) is 0 Å². The summed E-state index contributed by atoms with van der Waals surface area (Å²) >= 11 is 1.56. The maximum absolute atomic E-state index is 13.3. The summed E-state index contributed by atoms with van der Waals surface area (Å²) in [6.07, 6.45) is 3.90. The Balaban J connectivity index is 1.75. The number of nitrogens with zero attached hydrogens (tertiary/aromatic N) is 4. The summed E-state index contributed by atoms with van der Waals surface area (Å²) in [7, 11) is 0. The van der Waals surface area contributed by atoms with Gasteiger partial charge >= 0.3 is 0 Å². The van der Waals surface area contributed by atoms with Crippen molar-refractivity contribution in [2.45, 2.75) is 64.3 Å². The SMILES string of the molecule is CCCCOc1ccc(C2Oc3nc(SCCCC)nnc3-c3ccccc3N2C(=O)CC)cc1. The molecule has 0 aliphatic carbocycles. The highest BCUT2D eigenvalue weighted by Crippen LogP contribution is 2.43. The Kier molecular flexibility index (Phi) is 8.58. The summed E-state index contributed by atoms with van der Waals surface area (Å²) in [6.45, 7) is 6.82. The lowest BCUT2D eigenvalue weighted by molar-refractivity contribution is -0.120. The van der Waals surface area contributed by atoms with Crippen LogP contribution < -0.4 is 14.4 Å². The largest absolute Gasteiger partial charge is 0.494 e. The van der Waals surface area contributed by atoms with Crippen LogP contribution in [0.25, 0.3) is 11.3 Å². The molecule has 0 spiro atoms. The van der Waals surface area contributed by atoms with Crippen LogP contribution in [0.3, 0.4) is 0 Å². The molecule has 2 aromatic carbocycles. The second-order valence-corrected chi connectivity index (χ2v) is 9.39. The van der Waals surface area contributed by atoms with Crippen LogP contribution in [0.4, 0.5) is 5.69 Å². The average Bonchev–Trinajstić information content (AvgIpc) is 3.03. The molecule has 1 atom stereocenters. The van der Waals surface area contributed by atoms with Gasteiger partial charge in [-0.2, -0.15) is 4.98 Å². The maximum Gasteiger partial charge on any atom is 0.247 e. The molecular weight excluding hydrogens is 460 g/mol. The van der Waals surface area contributed by atoms with Crippen molar-refractivity contribution in [1.29, 1.82) is 0 Å². The van der Waals surface area contributed by atoms with E-state index >= 15 is 0 Å². The van der Waals surface area contributed by atoms with Crippen LogP contribution in [0.15, 0.2) is 53.7 Å². The molecule has 0 N–H and O–H groups in total. The molecule has 0 bridgehead atoms. The number of hydrogen-bond donors (Lipinski definition) is 0. The second kappa shape index (κ2) is 12.0. The Morgan fingerprint density at radius 2 is 1.80 bits per heavy atom. The van der Waals surface area contributed by atoms with Crippen molar-refractivity contribution < 1.29 is 14.3 Å². The van der Waals surface area contributed by atoms with E-state index in [1.165, 1.54) is 0 Å². The number of rotatable bonds is 10. The van der Waals surface area contributed by atoms with Gasteiger partial charge in [0.15, 0.2) is 5.69 Å². The van der Waals surface area contributed by atoms with Crippen molar-refractivity contribution in [2.24, 2.45) is 0 Å². The van der Waals surface area contributed by atoms with Crippen LogP contribution >= 0.6 is 11.8 Å². The molecule has 3 aromatic rings. The summed E-state index contributed by atoms with van der Waals surface area (Å²) in [6, 6.07) is 15.4. The Morgan fingerprint density at radius 3 is 2.54 bits per heavy atom. The van der Waals surface area contributed by atoms with Crippen molar-refractivity contribution >= 4 is 23.4 Å². The minimum atomic E-state index is -0.695. The van der Waals surface area contributed by atoms with E-state index in [9.17, 15) is 4.79 Å². The third-order valence-corrected chi connectivity index (χ3v) is 6.67. The highest BCUT2D eigenvalue weighted by Gasteiger charge is 2.35. The first kappa shape index (κ1) is 25.0. The minimum Gasteiger partial charge on any atom is -0.494 e. The third kappa shape index (κ3) is 5.75. The van der Waals surface area contributed by atoms with Gasteiger partial charge in [0, 0.05) is 23.3 Å². The van der Waals surface area contributed by atoms with E-state index in [1.807, 2.05) is 55.5 Å². The number of unbranched alkanes of at least 4 members (excludes halogenated alkanes) is 2.